The maximum atomic E-state index is 12.1. The van der Waals surface area contributed by atoms with Crippen molar-refractivity contribution in [3.05, 3.63) is 36.2 Å². The molecule has 1 aliphatic heterocycles. The van der Waals surface area contributed by atoms with Gasteiger partial charge in [-0.05, 0) is 24.8 Å². The van der Waals surface area contributed by atoms with Gasteiger partial charge in [-0.1, -0.05) is 30.0 Å². The highest BCUT2D eigenvalue weighted by molar-refractivity contribution is 7.98. The Balaban J connectivity index is 2.12. The fraction of sp³-hybridized carbons (Fsp3) is 0.429. The van der Waals surface area contributed by atoms with Gasteiger partial charge < -0.3 is 0 Å². The molecule has 6 nitrogen and oxygen atoms in total. The Morgan fingerprint density at radius 1 is 1.26 bits per heavy atom. The van der Waals surface area contributed by atoms with Gasteiger partial charge in [0.05, 0.1) is 12.3 Å². The number of hydrogen-bond donors (Lipinski definition) is 1. The first-order valence-electron chi connectivity index (χ1n) is 7.11. The topological polar surface area (TPSA) is 68.1 Å². The normalized spacial score (nSPS) is 22.6. The van der Waals surface area contributed by atoms with E-state index in [0.717, 1.165) is 10.8 Å². The van der Waals surface area contributed by atoms with E-state index in [9.17, 15) is 8.42 Å². The molecule has 2 atom stereocenters. The van der Waals surface area contributed by atoms with Crippen LogP contribution in [0.3, 0.4) is 0 Å². The van der Waals surface area contributed by atoms with Crippen molar-refractivity contribution in [2.24, 2.45) is 0 Å². The van der Waals surface area contributed by atoms with E-state index >= 15 is 0 Å². The number of thiol groups is 1. The number of benzene rings is 1. The number of sulfonamides is 1. The first-order chi connectivity index (χ1) is 10.9. The lowest BCUT2D eigenvalue weighted by atomic mass is 10.2. The van der Waals surface area contributed by atoms with Crippen molar-refractivity contribution in [3.8, 4) is 5.69 Å². The molecule has 2 aromatic rings. The van der Waals surface area contributed by atoms with Gasteiger partial charge in [0.1, 0.15) is 0 Å². The minimum absolute atomic E-state index is 0.00613. The molecule has 1 aromatic heterocycles. The molecule has 9 heteroatoms. The van der Waals surface area contributed by atoms with E-state index in [-0.39, 0.29) is 11.3 Å². The average Bonchev–Trinajstić information content (AvgIpc) is 3.10. The van der Waals surface area contributed by atoms with Gasteiger partial charge in [-0.2, -0.15) is 16.9 Å². The van der Waals surface area contributed by atoms with Crippen LogP contribution in [0.1, 0.15) is 18.3 Å². The van der Waals surface area contributed by atoms with E-state index < -0.39 is 10.0 Å². The number of thioether (sulfide) groups is 1. The quantitative estimate of drug-likeness (QED) is 0.658. The third kappa shape index (κ3) is 3.28. The van der Waals surface area contributed by atoms with Gasteiger partial charge in [-0.3, -0.25) is 4.57 Å². The van der Waals surface area contributed by atoms with E-state index in [1.54, 1.807) is 0 Å². The van der Waals surface area contributed by atoms with Gasteiger partial charge in [0.2, 0.25) is 10.0 Å². The average molecular weight is 371 g/mol. The zero-order valence-electron chi connectivity index (χ0n) is 12.8. The maximum Gasteiger partial charge on any atom is 0.211 e. The van der Waals surface area contributed by atoms with Crippen LogP contribution >= 0.6 is 24.4 Å². The number of hydrogen-bond acceptors (Lipinski definition) is 6. The molecule has 0 aliphatic carbocycles. The van der Waals surface area contributed by atoms with Crippen LogP contribution in [-0.4, -0.2) is 51.8 Å². The number of aromatic nitrogens is 3. The molecule has 1 aromatic carbocycles. The summed E-state index contributed by atoms with van der Waals surface area (Å²) in [4.78, 5) is 0. The third-order valence-electron chi connectivity index (χ3n) is 3.81. The zero-order chi connectivity index (χ0) is 16.6. The van der Waals surface area contributed by atoms with Crippen molar-refractivity contribution in [3.63, 3.8) is 0 Å². The van der Waals surface area contributed by atoms with Crippen LogP contribution in [0.2, 0.25) is 0 Å². The maximum absolute atomic E-state index is 12.1. The van der Waals surface area contributed by atoms with Crippen LogP contribution in [0.25, 0.3) is 5.69 Å². The summed E-state index contributed by atoms with van der Waals surface area (Å²) in [7, 11) is -3.33. The summed E-state index contributed by atoms with van der Waals surface area (Å²) < 4.78 is 27.6. The molecule has 124 valence electrons. The Kier molecular flexibility index (Phi) is 4.73. The van der Waals surface area contributed by atoms with Gasteiger partial charge in [0.15, 0.2) is 11.0 Å². The first-order valence-corrected chi connectivity index (χ1v) is 10.7. The van der Waals surface area contributed by atoms with Crippen molar-refractivity contribution in [1.29, 1.82) is 0 Å². The van der Waals surface area contributed by atoms with Crippen LogP contribution in [0.15, 0.2) is 35.5 Å². The highest BCUT2D eigenvalue weighted by Gasteiger charge is 2.40. The molecule has 1 saturated heterocycles. The SMILES string of the molecule is CSc1nnc([C@@H]2C[C@@H](S)CN2S(C)(=O)=O)n1-c1ccccc1. The van der Waals surface area contributed by atoms with Crippen LogP contribution in [0.5, 0.6) is 0 Å². The van der Waals surface area contributed by atoms with Gasteiger partial charge in [-0.25, -0.2) is 8.42 Å². The fourth-order valence-corrected chi connectivity index (χ4v) is 4.92. The van der Waals surface area contributed by atoms with E-state index in [0.29, 0.717) is 18.8 Å². The molecule has 0 spiro atoms. The highest BCUT2D eigenvalue weighted by Crippen LogP contribution is 2.37. The fourth-order valence-electron chi connectivity index (χ4n) is 2.83. The molecule has 0 saturated carbocycles. The zero-order valence-corrected chi connectivity index (χ0v) is 15.4. The van der Waals surface area contributed by atoms with Crippen LogP contribution in [-0.2, 0) is 10.0 Å². The van der Waals surface area contributed by atoms with Crippen molar-refractivity contribution < 1.29 is 8.42 Å². The molecule has 0 radical (unpaired) electrons. The Morgan fingerprint density at radius 2 is 1.96 bits per heavy atom. The van der Waals surface area contributed by atoms with Crippen LogP contribution in [0.4, 0.5) is 0 Å². The van der Waals surface area contributed by atoms with E-state index in [2.05, 4.69) is 22.8 Å². The second kappa shape index (κ2) is 6.46. The third-order valence-corrected chi connectivity index (χ3v) is 6.07. The minimum atomic E-state index is -3.33. The van der Waals surface area contributed by atoms with E-state index in [4.69, 9.17) is 0 Å². The second-order valence-corrected chi connectivity index (χ2v) is 8.89. The Morgan fingerprint density at radius 3 is 2.57 bits per heavy atom. The highest BCUT2D eigenvalue weighted by atomic mass is 32.2. The molecule has 2 heterocycles. The summed E-state index contributed by atoms with van der Waals surface area (Å²) in [5.74, 6) is 0.641. The minimum Gasteiger partial charge on any atom is -0.273 e. The Labute approximate surface area is 145 Å². The lowest BCUT2D eigenvalue weighted by molar-refractivity contribution is 0.382. The molecule has 0 unspecified atom stereocenters. The standard InChI is InChI=1S/C14H18N4O2S3/c1-22-14-16-15-13(18(14)10-6-4-3-5-7-10)12-8-11(21)9-17(12)23(2,19)20/h3-7,11-12,21H,8-9H2,1-2H3/t11-,12+/m1/s1. The number of rotatable bonds is 4. The predicted molar refractivity (Wildman–Crippen MR) is 94.8 cm³/mol. The molecule has 3 rings (SSSR count). The second-order valence-electron chi connectivity index (χ2n) is 5.45. The summed E-state index contributed by atoms with van der Waals surface area (Å²) in [6, 6.07) is 9.39. The molecule has 0 N–H and O–H groups in total. The van der Waals surface area contributed by atoms with E-state index in [1.807, 2.05) is 41.2 Å². The van der Waals surface area contributed by atoms with Gasteiger partial charge >= 0.3 is 0 Å². The van der Waals surface area contributed by atoms with Gasteiger partial charge in [0.25, 0.3) is 0 Å². The molecule has 1 aliphatic rings. The van der Waals surface area contributed by atoms with E-state index in [1.165, 1.54) is 22.3 Å². The lowest BCUT2D eigenvalue weighted by Gasteiger charge is -2.22. The largest absolute Gasteiger partial charge is 0.273 e. The Bertz CT molecular complexity index is 792. The molecule has 0 bridgehead atoms. The molecule has 23 heavy (non-hydrogen) atoms. The van der Waals surface area contributed by atoms with Gasteiger partial charge in [0, 0.05) is 17.5 Å². The van der Waals surface area contributed by atoms with Crippen molar-refractivity contribution in [2.45, 2.75) is 22.9 Å². The molecular weight excluding hydrogens is 352 g/mol. The van der Waals surface area contributed by atoms with Crippen molar-refractivity contribution in [1.82, 2.24) is 19.1 Å². The number of para-hydroxylation sites is 1. The molecule has 0 amide bonds. The van der Waals surface area contributed by atoms with Crippen LogP contribution < -0.4 is 0 Å². The predicted octanol–water partition coefficient (Wildman–Crippen LogP) is 1.99. The Hall–Kier alpha value is -1.03. The van der Waals surface area contributed by atoms with Crippen molar-refractivity contribution in [2.75, 3.05) is 19.1 Å². The summed E-state index contributed by atoms with van der Waals surface area (Å²) in [5.41, 5.74) is 0.924. The summed E-state index contributed by atoms with van der Waals surface area (Å²) in [6.45, 7) is 0.392. The molecular formula is C14H18N4O2S3. The first kappa shape index (κ1) is 16.8. The van der Waals surface area contributed by atoms with Gasteiger partial charge in [-0.15, -0.1) is 10.2 Å². The number of nitrogens with zero attached hydrogens (tertiary/aromatic N) is 4. The summed E-state index contributed by atoms with van der Waals surface area (Å²) >= 11 is 5.96. The van der Waals surface area contributed by atoms with Crippen LogP contribution in [0, 0.1) is 0 Å². The lowest BCUT2D eigenvalue weighted by Crippen LogP contribution is -2.31. The monoisotopic (exact) mass is 370 g/mol. The summed E-state index contributed by atoms with van der Waals surface area (Å²) in [5, 5.41) is 9.25. The summed E-state index contributed by atoms with van der Waals surface area (Å²) in [6.07, 6.45) is 3.78. The van der Waals surface area contributed by atoms with Crippen molar-refractivity contribution >= 4 is 34.4 Å². The molecule has 1 fully saturated rings. The smallest absolute Gasteiger partial charge is 0.211 e.